The molecule has 1 aliphatic carbocycles. The van der Waals surface area contributed by atoms with Gasteiger partial charge in [-0.2, -0.15) is 5.26 Å². The van der Waals surface area contributed by atoms with Gasteiger partial charge in [-0.1, -0.05) is 65.7 Å². The largest absolute Gasteiger partial charge is 0.377 e. The number of aromatic nitrogens is 4. The van der Waals surface area contributed by atoms with Crippen molar-refractivity contribution >= 4 is 33.9 Å². The first-order valence-electron chi connectivity index (χ1n) is 16.4. The summed E-state index contributed by atoms with van der Waals surface area (Å²) < 4.78 is 25.5. The quantitative estimate of drug-likeness (QED) is 0.152. The fourth-order valence-electron chi connectivity index (χ4n) is 6.20. The lowest BCUT2D eigenvalue weighted by atomic mass is 10.00. The molecule has 7 rings (SSSR count). The van der Waals surface area contributed by atoms with Gasteiger partial charge in [-0.25, -0.2) is 9.07 Å². The zero-order chi connectivity index (χ0) is 32.4. The van der Waals surface area contributed by atoms with E-state index in [1.54, 1.807) is 35.3 Å². The minimum absolute atomic E-state index is 0.0711. The van der Waals surface area contributed by atoms with Crippen LogP contribution < -0.4 is 10.6 Å². The summed E-state index contributed by atoms with van der Waals surface area (Å²) in [6, 6.07) is 20.6. The van der Waals surface area contributed by atoms with Crippen LogP contribution in [-0.4, -0.2) is 44.5 Å². The van der Waals surface area contributed by atoms with E-state index < -0.39 is 11.8 Å². The number of nitrogens with one attached hydrogen (secondary N) is 2. The lowest BCUT2D eigenvalue weighted by Gasteiger charge is -2.29. The first kappa shape index (κ1) is 28.9. The number of fused-ring (bicyclic) bond motifs is 1. The molecule has 2 aromatic heterocycles. The van der Waals surface area contributed by atoms with Gasteiger partial charge in [0.05, 0.1) is 47.5 Å². The summed E-state index contributed by atoms with van der Waals surface area (Å²) in [6.07, 6.45) is 9.94. The van der Waals surface area contributed by atoms with Crippen LogP contribution in [0.2, 0.25) is 5.02 Å². The van der Waals surface area contributed by atoms with Crippen LogP contribution in [0, 0.1) is 17.1 Å². The molecule has 2 aliphatic rings. The van der Waals surface area contributed by atoms with Crippen molar-refractivity contribution in [3.8, 4) is 6.07 Å². The molecule has 3 heterocycles. The predicted octanol–water partition coefficient (Wildman–Crippen LogP) is 8.06. The Balaban J connectivity index is 1.28. The van der Waals surface area contributed by atoms with E-state index in [1.165, 1.54) is 31.4 Å². The van der Waals surface area contributed by atoms with Gasteiger partial charge in [-0.3, -0.25) is 4.98 Å². The molecule has 0 radical (unpaired) electrons. The highest BCUT2D eigenvalue weighted by atomic mass is 35.5. The molecule has 3 aromatic carbocycles. The van der Waals surface area contributed by atoms with Crippen LogP contribution in [0.4, 0.5) is 15.8 Å². The van der Waals surface area contributed by atoms with E-state index in [0.717, 1.165) is 44.5 Å². The highest BCUT2D eigenvalue weighted by Gasteiger charge is 2.27. The third kappa shape index (κ3) is 6.69. The maximum atomic E-state index is 14.0. The predicted molar refractivity (Wildman–Crippen MR) is 179 cm³/mol. The van der Waals surface area contributed by atoms with E-state index >= 15 is 0 Å². The molecule has 0 spiro atoms. The minimum Gasteiger partial charge on any atom is -0.377 e. The van der Waals surface area contributed by atoms with Crippen molar-refractivity contribution in [2.24, 2.45) is 0 Å². The van der Waals surface area contributed by atoms with Crippen LogP contribution in [-0.2, 0) is 0 Å². The van der Waals surface area contributed by atoms with Crippen molar-refractivity contribution in [2.75, 3.05) is 30.3 Å². The van der Waals surface area contributed by atoms with E-state index in [4.69, 9.17) is 11.6 Å². The van der Waals surface area contributed by atoms with Crippen molar-refractivity contribution in [2.45, 2.75) is 56.6 Å². The molecule has 2 unspecified atom stereocenters. The number of rotatable bonds is 11. The summed E-state index contributed by atoms with van der Waals surface area (Å²) in [6.45, 7) is 3.14. The smallest absolute Gasteiger partial charge is 0.123 e. The highest BCUT2D eigenvalue weighted by molar-refractivity contribution is 6.35. The van der Waals surface area contributed by atoms with Crippen LogP contribution in [0.1, 0.15) is 80.4 Å². The van der Waals surface area contributed by atoms with Crippen LogP contribution >= 0.6 is 11.6 Å². The monoisotopic (exact) mass is 635 g/mol. The second-order valence-corrected chi connectivity index (χ2v) is 12.5. The summed E-state index contributed by atoms with van der Waals surface area (Å²) in [7, 11) is 0. The van der Waals surface area contributed by atoms with E-state index in [9.17, 15) is 11.0 Å². The number of benzene rings is 3. The Bertz CT molecular complexity index is 1900. The number of anilines is 2. The van der Waals surface area contributed by atoms with Gasteiger partial charge < -0.3 is 15.5 Å². The van der Waals surface area contributed by atoms with Crippen molar-refractivity contribution in [3.63, 3.8) is 0 Å². The summed E-state index contributed by atoms with van der Waals surface area (Å²) in [5.41, 5.74) is 4.07. The number of halogens is 2. The second kappa shape index (κ2) is 13.5. The zero-order valence-corrected chi connectivity index (χ0v) is 26.2. The number of pyridine rings is 1. The number of likely N-dealkylation sites (tertiary alicyclic amines) is 1. The molecule has 234 valence electrons. The van der Waals surface area contributed by atoms with Gasteiger partial charge in [0.1, 0.15) is 17.6 Å². The molecule has 2 fully saturated rings. The summed E-state index contributed by atoms with van der Waals surface area (Å²) in [4.78, 5) is 7.07. The first-order chi connectivity index (χ1) is 22.9. The molecule has 2 N–H and O–H groups in total. The second-order valence-electron chi connectivity index (χ2n) is 12.1. The van der Waals surface area contributed by atoms with Crippen LogP contribution in [0.3, 0.4) is 0 Å². The van der Waals surface area contributed by atoms with E-state index in [-0.39, 0.29) is 12.1 Å². The van der Waals surface area contributed by atoms with Crippen molar-refractivity contribution < 1.29 is 5.76 Å². The lowest BCUT2D eigenvalue weighted by Crippen LogP contribution is -2.32. The van der Waals surface area contributed by atoms with Crippen LogP contribution in [0.25, 0.3) is 10.9 Å². The standard InChI is InChI=1S/C36H36ClFN8/c37-31-20-28(41-35(25-9-11-27(38)12-10-25)33-23-46(44-43-33)29-13-14-29)19-30-34(26(21-39)22-40-36(30)31)42-32(24-7-3-1-4-8-24)15-18-45-16-5-2-6-17-45/h1,3-4,7-12,19-20,22-23,29,32,35,41H,2,5-6,13-18H2,(H,40,42)/i35D. The van der Waals surface area contributed by atoms with Gasteiger partial charge in [-0.05, 0) is 80.6 Å². The third-order valence-corrected chi connectivity index (χ3v) is 9.13. The van der Waals surface area contributed by atoms with Crippen molar-refractivity contribution in [1.82, 2.24) is 24.9 Å². The molecule has 0 amide bonds. The number of nitriles is 1. The molecular formula is C36H36ClFN8. The summed E-state index contributed by atoms with van der Waals surface area (Å²) in [5, 5.41) is 27.0. The molecule has 5 aromatic rings. The van der Waals surface area contributed by atoms with Crippen molar-refractivity contribution in [3.05, 3.63) is 112 Å². The third-order valence-electron chi connectivity index (χ3n) is 8.84. The first-order valence-corrected chi connectivity index (χ1v) is 16.3. The Labute approximate surface area is 274 Å². The SMILES string of the molecule is [2H]C(Nc1cc(Cl)c2ncc(C#N)c(NC(CCN3CCCCC3)c3ccccc3)c2c1)(c1ccc(F)cc1)c1cn(C2CC2)nn1. The number of piperidine rings is 1. The molecule has 8 nitrogen and oxygen atoms in total. The van der Waals surface area contributed by atoms with E-state index in [1.807, 2.05) is 24.3 Å². The maximum absolute atomic E-state index is 14.0. The number of hydrogen-bond donors (Lipinski definition) is 2. The van der Waals surface area contributed by atoms with Gasteiger partial charge in [0.15, 0.2) is 0 Å². The molecule has 1 saturated carbocycles. The Kier molecular flexibility index (Phi) is 8.46. The Morgan fingerprint density at radius 2 is 1.80 bits per heavy atom. The topological polar surface area (TPSA) is 94.7 Å². The Morgan fingerprint density at radius 1 is 1.02 bits per heavy atom. The molecule has 10 heteroatoms. The van der Waals surface area contributed by atoms with Crippen LogP contribution in [0.5, 0.6) is 0 Å². The average molecular weight is 636 g/mol. The summed E-state index contributed by atoms with van der Waals surface area (Å²) in [5.74, 6) is -0.398. The fourth-order valence-corrected chi connectivity index (χ4v) is 6.47. The zero-order valence-electron chi connectivity index (χ0n) is 26.5. The molecular weight excluding hydrogens is 599 g/mol. The van der Waals surface area contributed by atoms with Gasteiger partial charge in [0.2, 0.25) is 0 Å². The fraction of sp³-hybridized carbons (Fsp3) is 0.333. The number of nitrogens with zero attached hydrogens (tertiary/aromatic N) is 6. The Morgan fingerprint density at radius 3 is 2.54 bits per heavy atom. The average Bonchev–Trinajstić information content (AvgIpc) is 3.83. The maximum Gasteiger partial charge on any atom is 0.123 e. The molecule has 46 heavy (non-hydrogen) atoms. The minimum atomic E-state index is -1.62. The molecule has 2 atom stereocenters. The summed E-state index contributed by atoms with van der Waals surface area (Å²) >= 11 is 6.88. The Hall–Kier alpha value is -4.52. The lowest BCUT2D eigenvalue weighted by molar-refractivity contribution is 0.223. The molecule has 1 saturated heterocycles. The van der Waals surface area contributed by atoms with E-state index in [0.29, 0.717) is 44.1 Å². The molecule has 1 aliphatic heterocycles. The normalized spacial score (nSPS) is 17.5. The van der Waals surface area contributed by atoms with Crippen LogP contribution in [0.15, 0.2) is 79.1 Å². The van der Waals surface area contributed by atoms with Crippen molar-refractivity contribution in [1.29, 1.82) is 5.26 Å². The van der Waals surface area contributed by atoms with Gasteiger partial charge >= 0.3 is 0 Å². The van der Waals surface area contributed by atoms with E-state index in [2.05, 4.69) is 49.0 Å². The van der Waals surface area contributed by atoms with Gasteiger partial charge in [0, 0.05) is 23.8 Å². The van der Waals surface area contributed by atoms with Gasteiger partial charge in [0.25, 0.3) is 0 Å². The van der Waals surface area contributed by atoms with Gasteiger partial charge in [-0.15, -0.1) is 5.10 Å². The number of hydrogen-bond acceptors (Lipinski definition) is 7. The highest BCUT2D eigenvalue weighted by Crippen LogP contribution is 2.38. The molecule has 0 bridgehead atoms.